The van der Waals surface area contributed by atoms with E-state index in [1.54, 1.807) is 0 Å². The zero-order valence-electron chi connectivity index (χ0n) is 16.5. The maximum atomic E-state index is 14.8. The molecular formula is C21H22ClF2NO4S. The van der Waals surface area contributed by atoms with Gasteiger partial charge in [-0.3, -0.25) is 4.79 Å². The van der Waals surface area contributed by atoms with Crippen LogP contribution >= 0.6 is 11.6 Å². The first-order valence-electron chi connectivity index (χ1n) is 9.36. The molecule has 1 aliphatic rings. The Balaban J connectivity index is 2.11. The van der Waals surface area contributed by atoms with Gasteiger partial charge in [0.25, 0.3) is 5.91 Å². The summed E-state index contributed by atoms with van der Waals surface area (Å²) in [5.74, 6) is -2.15. The molecule has 2 aromatic carbocycles. The number of nitrogens with zero attached hydrogens (tertiary/aromatic N) is 1. The van der Waals surface area contributed by atoms with Crippen LogP contribution in [-0.2, 0) is 19.4 Å². The molecule has 162 valence electrons. The molecular weight excluding hydrogens is 436 g/mol. The van der Waals surface area contributed by atoms with Crippen molar-refractivity contribution in [3.8, 4) is 0 Å². The first-order chi connectivity index (χ1) is 13.9. The Labute approximate surface area is 179 Å². The molecule has 1 fully saturated rings. The third-order valence-corrected chi connectivity index (χ3v) is 8.24. The zero-order chi connectivity index (χ0) is 22.3. The van der Waals surface area contributed by atoms with E-state index in [2.05, 4.69) is 0 Å². The third-order valence-electron chi connectivity index (χ3n) is 5.44. The van der Waals surface area contributed by atoms with Gasteiger partial charge in [-0.25, -0.2) is 17.2 Å². The summed E-state index contributed by atoms with van der Waals surface area (Å²) < 4.78 is 54.4. The van der Waals surface area contributed by atoms with Crippen LogP contribution in [0.15, 0.2) is 47.4 Å². The molecule has 0 unspecified atom stereocenters. The number of amides is 1. The molecule has 9 heteroatoms. The van der Waals surface area contributed by atoms with E-state index in [1.807, 2.05) is 0 Å². The molecule has 0 spiro atoms. The second-order valence-electron chi connectivity index (χ2n) is 7.93. The predicted molar refractivity (Wildman–Crippen MR) is 109 cm³/mol. The van der Waals surface area contributed by atoms with Gasteiger partial charge in [0.15, 0.2) is 9.84 Å². The van der Waals surface area contributed by atoms with Crippen molar-refractivity contribution >= 4 is 27.3 Å². The minimum Gasteiger partial charge on any atom is -0.381 e. The van der Waals surface area contributed by atoms with Gasteiger partial charge in [0.1, 0.15) is 22.0 Å². The van der Waals surface area contributed by atoms with E-state index in [0.717, 1.165) is 18.2 Å². The van der Waals surface area contributed by atoms with Gasteiger partial charge < -0.3 is 10.0 Å². The number of benzene rings is 2. The number of aliphatic hydroxyl groups is 1. The molecule has 0 aromatic heterocycles. The van der Waals surface area contributed by atoms with Gasteiger partial charge in [0.05, 0.1) is 4.90 Å². The van der Waals surface area contributed by atoms with Gasteiger partial charge in [-0.05, 0) is 69.2 Å². The Morgan fingerprint density at radius 1 is 1.10 bits per heavy atom. The summed E-state index contributed by atoms with van der Waals surface area (Å²) in [7, 11) is -4.18. The first-order valence-corrected chi connectivity index (χ1v) is 11.2. The van der Waals surface area contributed by atoms with Gasteiger partial charge in [0, 0.05) is 23.7 Å². The average molecular weight is 458 g/mol. The number of halogens is 3. The lowest BCUT2D eigenvalue weighted by Gasteiger charge is -2.42. The van der Waals surface area contributed by atoms with Crippen LogP contribution in [0.25, 0.3) is 0 Å². The van der Waals surface area contributed by atoms with Crippen LogP contribution in [-0.4, -0.2) is 43.0 Å². The lowest BCUT2D eigenvalue weighted by Crippen LogP contribution is -2.53. The molecule has 0 bridgehead atoms. The second-order valence-corrected chi connectivity index (χ2v) is 10.6. The highest BCUT2D eigenvalue weighted by atomic mass is 35.5. The van der Waals surface area contributed by atoms with Gasteiger partial charge in [-0.15, -0.1) is 0 Å². The minimum absolute atomic E-state index is 0.0361. The van der Waals surface area contributed by atoms with E-state index in [9.17, 15) is 27.1 Å². The normalized spacial score (nSPS) is 17.1. The van der Waals surface area contributed by atoms with E-state index in [-0.39, 0.29) is 36.4 Å². The lowest BCUT2D eigenvalue weighted by atomic mass is 9.87. The minimum atomic E-state index is -4.18. The fraction of sp³-hybridized carbons (Fsp3) is 0.381. The van der Waals surface area contributed by atoms with Crippen LogP contribution in [0, 0.1) is 11.6 Å². The molecule has 1 N–H and O–H groups in total. The highest BCUT2D eigenvalue weighted by Gasteiger charge is 2.51. The van der Waals surface area contributed by atoms with Crippen LogP contribution < -0.4 is 0 Å². The molecule has 2 aromatic rings. The molecule has 1 amide bonds. The quantitative estimate of drug-likeness (QED) is 0.760. The van der Waals surface area contributed by atoms with E-state index in [4.69, 9.17) is 11.6 Å². The zero-order valence-corrected chi connectivity index (χ0v) is 18.1. The molecule has 0 saturated carbocycles. The van der Waals surface area contributed by atoms with Crippen molar-refractivity contribution in [2.75, 3.05) is 13.1 Å². The van der Waals surface area contributed by atoms with Crippen molar-refractivity contribution in [3.05, 3.63) is 64.7 Å². The van der Waals surface area contributed by atoms with Gasteiger partial charge in [-0.1, -0.05) is 11.6 Å². The average Bonchev–Trinajstić information content (AvgIpc) is 2.69. The van der Waals surface area contributed by atoms with E-state index < -0.39 is 37.7 Å². The Bertz CT molecular complexity index is 1060. The monoisotopic (exact) mass is 457 g/mol. The van der Waals surface area contributed by atoms with E-state index in [1.165, 1.54) is 43.0 Å². The maximum absolute atomic E-state index is 14.8. The third kappa shape index (κ3) is 3.96. The summed E-state index contributed by atoms with van der Waals surface area (Å²) in [6.07, 6.45) is -0.305. The summed E-state index contributed by atoms with van der Waals surface area (Å²) in [5.41, 5.74) is -1.90. The number of piperidine rings is 1. The van der Waals surface area contributed by atoms with Gasteiger partial charge in [-0.2, -0.15) is 0 Å². The number of likely N-dealkylation sites (tertiary alicyclic amines) is 1. The lowest BCUT2D eigenvalue weighted by molar-refractivity contribution is -0.149. The number of rotatable bonds is 4. The van der Waals surface area contributed by atoms with Crippen molar-refractivity contribution in [1.82, 2.24) is 4.90 Å². The Hall–Kier alpha value is -2.03. The Morgan fingerprint density at radius 3 is 2.20 bits per heavy atom. The van der Waals surface area contributed by atoms with E-state index >= 15 is 0 Å². The summed E-state index contributed by atoms with van der Waals surface area (Å²) in [4.78, 5) is 13.7. The molecule has 1 aliphatic heterocycles. The van der Waals surface area contributed by atoms with Crippen molar-refractivity contribution in [1.29, 1.82) is 0 Å². The number of sulfone groups is 1. The van der Waals surface area contributed by atoms with Crippen molar-refractivity contribution < 1.29 is 27.1 Å². The Kier molecular flexibility index (Phi) is 5.97. The van der Waals surface area contributed by atoms with Crippen molar-refractivity contribution in [2.45, 2.75) is 41.9 Å². The molecule has 5 nitrogen and oxygen atoms in total. The highest BCUT2D eigenvalue weighted by molar-refractivity contribution is 7.92. The van der Waals surface area contributed by atoms with Crippen LogP contribution in [0.3, 0.4) is 0 Å². The highest BCUT2D eigenvalue weighted by Crippen LogP contribution is 2.45. The predicted octanol–water partition coefficient (Wildman–Crippen LogP) is 3.68. The smallest absolute Gasteiger partial charge is 0.253 e. The molecule has 30 heavy (non-hydrogen) atoms. The maximum Gasteiger partial charge on any atom is 0.253 e. The summed E-state index contributed by atoms with van der Waals surface area (Å²) in [6, 6.07) is 8.20. The SMILES string of the molecule is CC(C)(O)C(=O)N1CCC(c2cc(F)ccc2F)(S(=O)(=O)c2ccc(Cl)cc2)CC1. The molecule has 0 atom stereocenters. The number of carbonyl (C=O) groups is 1. The molecule has 3 rings (SSSR count). The van der Waals surface area contributed by atoms with Crippen LogP contribution in [0.2, 0.25) is 5.02 Å². The topological polar surface area (TPSA) is 74.7 Å². The van der Waals surface area contributed by atoms with E-state index in [0.29, 0.717) is 5.02 Å². The molecule has 0 radical (unpaired) electrons. The van der Waals surface area contributed by atoms with Crippen LogP contribution in [0.5, 0.6) is 0 Å². The fourth-order valence-electron chi connectivity index (χ4n) is 3.83. The molecule has 1 saturated heterocycles. The largest absolute Gasteiger partial charge is 0.381 e. The molecule has 1 heterocycles. The standard InChI is InChI=1S/C21H22ClF2NO4S/c1-20(2,27)19(26)25-11-9-21(10-12-25,17-13-15(23)5-8-18(17)24)30(28,29)16-6-3-14(22)4-7-16/h3-8,13,27H,9-12H2,1-2H3. The number of hydrogen-bond donors (Lipinski definition) is 1. The first kappa shape index (κ1) is 22.7. The summed E-state index contributed by atoms with van der Waals surface area (Å²) in [6.45, 7) is 2.61. The van der Waals surface area contributed by atoms with Gasteiger partial charge >= 0.3 is 0 Å². The summed E-state index contributed by atoms with van der Waals surface area (Å²) in [5, 5.41) is 10.3. The second kappa shape index (κ2) is 7.90. The number of carbonyl (C=O) groups excluding carboxylic acids is 1. The van der Waals surface area contributed by atoms with Crippen LogP contribution in [0.4, 0.5) is 8.78 Å². The molecule has 0 aliphatic carbocycles. The van der Waals surface area contributed by atoms with Crippen molar-refractivity contribution in [2.24, 2.45) is 0 Å². The van der Waals surface area contributed by atoms with Crippen LogP contribution in [0.1, 0.15) is 32.3 Å². The van der Waals surface area contributed by atoms with Crippen molar-refractivity contribution in [3.63, 3.8) is 0 Å². The Morgan fingerprint density at radius 2 is 1.67 bits per heavy atom. The fourth-order valence-corrected chi connectivity index (χ4v) is 6.06. The summed E-state index contributed by atoms with van der Waals surface area (Å²) >= 11 is 5.87. The van der Waals surface area contributed by atoms with Gasteiger partial charge in [0.2, 0.25) is 0 Å². The number of hydrogen-bond acceptors (Lipinski definition) is 4.